The number of nitrogens with one attached hydrogen (secondary N) is 1. The molecule has 1 unspecified atom stereocenters. The summed E-state index contributed by atoms with van der Waals surface area (Å²) in [4.78, 5) is 26.7. The third kappa shape index (κ3) is 8.38. The molecular formula is C32H33Cl2N5OS. The van der Waals surface area contributed by atoms with Crippen LogP contribution in [-0.4, -0.2) is 48.1 Å². The monoisotopic (exact) mass is 605 g/mol. The highest BCUT2D eigenvalue weighted by Crippen LogP contribution is 2.27. The number of thioether (sulfide) groups is 1. The number of hydrogen-bond donors (Lipinski definition) is 1. The van der Waals surface area contributed by atoms with Gasteiger partial charge in [0, 0.05) is 60.3 Å². The standard InChI is InChI=1S/C32H33Cl2N5OS/c1-23(13-14-24-7-3-2-4-8-24)35-31(40)26-10-5-9-25(19-26)22-41-32-36-29(34)21-30(37-32)39-17-15-38(16-18-39)28-12-6-11-27(33)20-28/h2-12,19-21,23H,13-18,22H2,1H3,(H,35,40). The Balaban J connectivity index is 1.15. The number of carbonyl (C=O) groups is 1. The van der Waals surface area contributed by atoms with Gasteiger partial charge in [-0.15, -0.1) is 0 Å². The number of aryl methyl sites for hydroxylation is 1. The molecule has 0 saturated carbocycles. The largest absolute Gasteiger partial charge is 0.368 e. The molecule has 41 heavy (non-hydrogen) atoms. The van der Waals surface area contributed by atoms with Crippen molar-refractivity contribution in [3.8, 4) is 0 Å². The van der Waals surface area contributed by atoms with Crippen molar-refractivity contribution >= 4 is 52.4 Å². The van der Waals surface area contributed by atoms with E-state index in [0.29, 0.717) is 21.6 Å². The number of hydrogen-bond acceptors (Lipinski definition) is 6. The first kappa shape index (κ1) is 29.2. The molecule has 5 rings (SSSR count). The fourth-order valence-electron chi connectivity index (χ4n) is 4.84. The SMILES string of the molecule is CC(CCc1ccccc1)NC(=O)c1cccc(CSc2nc(Cl)cc(N3CCN(c4cccc(Cl)c4)CC3)n2)c1. The summed E-state index contributed by atoms with van der Waals surface area (Å²) in [5, 5.41) is 4.92. The quantitative estimate of drug-likeness (QED) is 0.118. The molecular weight excluding hydrogens is 573 g/mol. The number of amides is 1. The summed E-state index contributed by atoms with van der Waals surface area (Å²) in [5.74, 6) is 1.40. The van der Waals surface area contributed by atoms with Gasteiger partial charge < -0.3 is 15.1 Å². The average molecular weight is 607 g/mol. The molecule has 3 aromatic carbocycles. The van der Waals surface area contributed by atoms with Crippen molar-refractivity contribution in [2.75, 3.05) is 36.0 Å². The number of anilines is 2. The van der Waals surface area contributed by atoms with E-state index in [9.17, 15) is 4.79 Å². The molecule has 1 aliphatic rings. The molecule has 212 valence electrons. The van der Waals surface area contributed by atoms with Crippen molar-refractivity contribution in [2.24, 2.45) is 0 Å². The van der Waals surface area contributed by atoms with Gasteiger partial charge in [0.1, 0.15) is 11.0 Å². The molecule has 0 radical (unpaired) electrons. The highest BCUT2D eigenvalue weighted by Gasteiger charge is 2.20. The number of benzene rings is 3. The van der Waals surface area contributed by atoms with Crippen LogP contribution in [-0.2, 0) is 12.2 Å². The van der Waals surface area contributed by atoms with Crippen LogP contribution in [0.15, 0.2) is 90.1 Å². The Morgan fingerprint density at radius 1 is 0.878 bits per heavy atom. The number of carbonyl (C=O) groups excluding carboxylic acids is 1. The zero-order valence-corrected chi connectivity index (χ0v) is 25.3. The summed E-state index contributed by atoms with van der Waals surface area (Å²) in [7, 11) is 0. The molecule has 6 nitrogen and oxygen atoms in total. The van der Waals surface area contributed by atoms with E-state index < -0.39 is 0 Å². The second kappa shape index (κ2) is 14.1. The van der Waals surface area contributed by atoms with Crippen molar-refractivity contribution in [3.63, 3.8) is 0 Å². The topological polar surface area (TPSA) is 61.4 Å². The van der Waals surface area contributed by atoms with E-state index >= 15 is 0 Å². The maximum Gasteiger partial charge on any atom is 0.251 e. The van der Waals surface area contributed by atoms with Gasteiger partial charge in [-0.2, -0.15) is 0 Å². The predicted molar refractivity (Wildman–Crippen MR) is 171 cm³/mol. The van der Waals surface area contributed by atoms with E-state index in [2.05, 4.69) is 38.3 Å². The Morgan fingerprint density at radius 3 is 2.39 bits per heavy atom. The first-order valence-corrected chi connectivity index (χ1v) is 15.5. The zero-order valence-electron chi connectivity index (χ0n) is 23.0. The fourth-order valence-corrected chi connectivity index (χ4v) is 6.04. The van der Waals surface area contributed by atoms with Gasteiger partial charge in [-0.1, -0.05) is 83.5 Å². The molecule has 1 aliphatic heterocycles. The van der Waals surface area contributed by atoms with Crippen LogP contribution in [0.25, 0.3) is 0 Å². The highest BCUT2D eigenvalue weighted by molar-refractivity contribution is 7.98. The lowest BCUT2D eigenvalue weighted by Gasteiger charge is -2.36. The van der Waals surface area contributed by atoms with Gasteiger partial charge in [-0.25, -0.2) is 9.97 Å². The average Bonchev–Trinajstić information content (AvgIpc) is 2.99. The van der Waals surface area contributed by atoms with E-state index in [-0.39, 0.29) is 11.9 Å². The van der Waals surface area contributed by atoms with E-state index in [1.807, 2.05) is 73.7 Å². The van der Waals surface area contributed by atoms with Crippen LogP contribution in [0.1, 0.15) is 34.8 Å². The minimum absolute atomic E-state index is 0.0596. The van der Waals surface area contributed by atoms with Gasteiger partial charge in [0.25, 0.3) is 5.91 Å². The molecule has 4 aromatic rings. The van der Waals surface area contributed by atoms with Crippen molar-refractivity contribution in [1.29, 1.82) is 0 Å². The number of aromatic nitrogens is 2. The molecule has 1 atom stereocenters. The Labute approximate surface area is 256 Å². The van der Waals surface area contributed by atoms with Crippen LogP contribution < -0.4 is 15.1 Å². The molecule has 1 fully saturated rings. The number of rotatable bonds is 10. The first-order valence-electron chi connectivity index (χ1n) is 13.8. The Bertz CT molecular complexity index is 1460. The Kier molecular flexibility index (Phi) is 10.0. The second-order valence-corrected chi connectivity index (χ2v) is 11.9. The maximum atomic E-state index is 12.9. The normalized spacial score (nSPS) is 14.1. The number of nitrogens with zero attached hydrogens (tertiary/aromatic N) is 4. The number of halogens is 2. The van der Waals surface area contributed by atoms with Crippen molar-refractivity contribution in [2.45, 2.75) is 36.7 Å². The van der Waals surface area contributed by atoms with Gasteiger partial charge in [-0.3, -0.25) is 4.79 Å². The molecule has 1 N–H and O–H groups in total. The summed E-state index contributed by atoms with van der Waals surface area (Å²) in [6.07, 6.45) is 1.81. The van der Waals surface area contributed by atoms with Gasteiger partial charge in [0.15, 0.2) is 5.16 Å². The lowest BCUT2D eigenvalue weighted by molar-refractivity contribution is 0.0938. The van der Waals surface area contributed by atoms with Crippen molar-refractivity contribution in [1.82, 2.24) is 15.3 Å². The third-order valence-corrected chi connectivity index (χ3v) is 8.43. The van der Waals surface area contributed by atoms with Crippen LogP contribution in [0.2, 0.25) is 10.2 Å². The maximum absolute atomic E-state index is 12.9. The molecule has 9 heteroatoms. The molecule has 0 bridgehead atoms. The molecule has 1 amide bonds. The zero-order chi connectivity index (χ0) is 28.6. The fraction of sp³-hybridized carbons (Fsp3) is 0.281. The van der Waals surface area contributed by atoms with Crippen LogP contribution in [0.3, 0.4) is 0 Å². The van der Waals surface area contributed by atoms with Gasteiger partial charge >= 0.3 is 0 Å². The molecule has 1 saturated heterocycles. The van der Waals surface area contributed by atoms with Crippen LogP contribution in [0.5, 0.6) is 0 Å². The molecule has 0 aliphatic carbocycles. The lowest BCUT2D eigenvalue weighted by atomic mass is 10.1. The summed E-state index contributed by atoms with van der Waals surface area (Å²) < 4.78 is 0. The third-order valence-electron chi connectivity index (χ3n) is 7.08. The van der Waals surface area contributed by atoms with Crippen molar-refractivity contribution < 1.29 is 4.79 Å². The molecule has 1 aromatic heterocycles. The predicted octanol–water partition coefficient (Wildman–Crippen LogP) is 7.15. The highest BCUT2D eigenvalue weighted by atomic mass is 35.5. The Morgan fingerprint density at radius 2 is 1.61 bits per heavy atom. The van der Waals surface area contributed by atoms with Gasteiger partial charge in [0.05, 0.1) is 0 Å². The van der Waals surface area contributed by atoms with Crippen LogP contribution in [0.4, 0.5) is 11.5 Å². The van der Waals surface area contributed by atoms with E-state index in [0.717, 1.165) is 61.1 Å². The Hall–Kier alpha value is -3.26. The minimum atomic E-state index is -0.0596. The summed E-state index contributed by atoms with van der Waals surface area (Å²) >= 11 is 14.1. The second-order valence-electron chi connectivity index (χ2n) is 10.2. The van der Waals surface area contributed by atoms with E-state index in [1.54, 1.807) is 0 Å². The number of piperazine rings is 1. The van der Waals surface area contributed by atoms with Gasteiger partial charge in [0.2, 0.25) is 0 Å². The van der Waals surface area contributed by atoms with E-state index in [4.69, 9.17) is 28.2 Å². The van der Waals surface area contributed by atoms with E-state index in [1.165, 1.54) is 17.3 Å². The lowest BCUT2D eigenvalue weighted by Crippen LogP contribution is -2.46. The molecule has 0 spiro atoms. The minimum Gasteiger partial charge on any atom is -0.368 e. The first-order chi connectivity index (χ1) is 19.9. The van der Waals surface area contributed by atoms with Crippen molar-refractivity contribution in [3.05, 3.63) is 112 Å². The smallest absolute Gasteiger partial charge is 0.251 e. The molecule has 2 heterocycles. The van der Waals surface area contributed by atoms with Gasteiger partial charge in [-0.05, 0) is 61.2 Å². The van der Waals surface area contributed by atoms with Crippen LogP contribution >= 0.6 is 35.0 Å². The summed E-state index contributed by atoms with van der Waals surface area (Å²) in [5.41, 5.74) is 4.09. The summed E-state index contributed by atoms with van der Waals surface area (Å²) in [6.45, 7) is 5.43. The van der Waals surface area contributed by atoms with Crippen LogP contribution in [0, 0.1) is 0 Å². The summed E-state index contributed by atoms with van der Waals surface area (Å²) in [6, 6.07) is 27.9.